The molecule has 5 nitrogen and oxygen atoms in total. The Labute approximate surface area is 163 Å². The van der Waals surface area contributed by atoms with Crippen molar-refractivity contribution in [2.45, 2.75) is 11.8 Å². The molecular weight excluding hydrogens is 391 g/mol. The van der Waals surface area contributed by atoms with Crippen LogP contribution in [0.1, 0.15) is 21.7 Å². The number of carbonyl (C=O) groups is 1. The first-order valence-corrected chi connectivity index (χ1v) is 8.85. The molecule has 0 aromatic heterocycles. The third-order valence-electron chi connectivity index (χ3n) is 4.53. The van der Waals surface area contributed by atoms with Gasteiger partial charge in [0.2, 0.25) is 5.43 Å². The minimum Gasteiger partial charge on any atom is -0.511 e. The van der Waals surface area contributed by atoms with Gasteiger partial charge in [-0.25, -0.2) is 4.79 Å². The lowest BCUT2D eigenvalue weighted by molar-refractivity contribution is 0.0697. The minimum absolute atomic E-state index is 0.00308. The quantitative estimate of drug-likeness (QED) is 0.599. The number of carboxylic acids is 1. The molecule has 136 valence electrons. The smallest absolute Gasteiger partial charge is 0.336 e. The molecule has 1 aromatic carbocycles. The molecule has 0 amide bonds. The van der Waals surface area contributed by atoms with Crippen LogP contribution in [-0.2, 0) is 6.42 Å². The van der Waals surface area contributed by atoms with E-state index in [9.17, 15) is 19.8 Å². The van der Waals surface area contributed by atoms with Crippen LogP contribution >= 0.6 is 23.2 Å². The third kappa shape index (κ3) is 2.89. The lowest BCUT2D eigenvalue weighted by atomic mass is 9.86. The average Bonchev–Trinajstić information content (AvgIpc) is 2.63. The molecule has 3 aliphatic rings. The standard InChI is InChI=1S/C20H12Cl2O5/c21-13-5-11-17(7-15(13)23)27-18-8-16(24)14(22)6-12(18)19(11)9-3-1-2-4-10(9)20(25)26/h1-5,7-8,14,24H,6H2,(H,25,26)/t14-/m1/s1. The predicted octanol–water partition coefficient (Wildman–Crippen LogP) is 4.83. The van der Waals surface area contributed by atoms with E-state index in [-0.39, 0.29) is 28.5 Å². The summed E-state index contributed by atoms with van der Waals surface area (Å²) >= 11 is 12.2. The van der Waals surface area contributed by atoms with E-state index in [1.165, 1.54) is 24.3 Å². The molecule has 1 heterocycles. The number of rotatable bonds is 2. The highest BCUT2D eigenvalue weighted by Crippen LogP contribution is 2.43. The lowest BCUT2D eigenvalue weighted by Gasteiger charge is -2.24. The predicted molar refractivity (Wildman–Crippen MR) is 103 cm³/mol. The maximum Gasteiger partial charge on any atom is 0.336 e. The first kappa shape index (κ1) is 17.6. The number of aliphatic hydroxyl groups is 1. The zero-order valence-corrected chi connectivity index (χ0v) is 15.2. The van der Waals surface area contributed by atoms with Gasteiger partial charge in [0.15, 0.2) is 0 Å². The van der Waals surface area contributed by atoms with Crippen molar-refractivity contribution in [1.29, 1.82) is 0 Å². The number of allylic oxidation sites excluding steroid dienone is 1. The van der Waals surface area contributed by atoms with Crippen molar-refractivity contribution >= 4 is 35.2 Å². The number of aliphatic hydroxyl groups excluding tert-OH is 1. The highest BCUT2D eigenvalue weighted by molar-refractivity contribution is 6.31. The fourth-order valence-electron chi connectivity index (χ4n) is 3.30. The molecule has 0 bridgehead atoms. The Bertz CT molecular complexity index is 1150. The maximum absolute atomic E-state index is 12.0. The van der Waals surface area contributed by atoms with E-state index in [1.54, 1.807) is 18.2 Å². The molecular formula is C20H12Cl2O5. The molecule has 1 aliphatic heterocycles. The minimum atomic E-state index is -1.09. The topological polar surface area (TPSA) is 87.7 Å². The number of carboxylic acid groups (broad SMARTS) is 1. The Morgan fingerprint density at radius 2 is 1.93 bits per heavy atom. The van der Waals surface area contributed by atoms with E-state index in [0.29, 0.717) is 28.0 Å². The molecule has 0 radical (unpaired) electrons. The molecule has 7 heteroatoms. The van der Waals surface area contributed by atoms with Gasteiger partial charge in [-0.15, -0.1) is 11.6 Å². The second-order valence-corrected chi connectivity index (χ2v) is 7.12. The van der Waals surface area contributed by atoms with E-state index >= 15 is 0 Å². The number of alkyl halides is 1. The molecule has 1 atom stereocenters. The number of hydrogen-bond acceptors (Lipinski definition) is 4. The van der Waals surface area contributed by atoms with Gasteiger partial charge >= 0.3 is 5.97 Å². The van der Waals surface area contributed by atoms with Crippen molar-refractivity contribution in [3.63, 3.8) is 0 Å². The second-order valence-electron chi connectivity index (χ2n) is 6.19. The molecule has 2 N–H and O–H groups in total. The lowest BCUT2D eigenvalue weighted by Crippen LogP contribution is -2.16. The van der Waals surface area contributed by atoms with Gasteiger partial charge in [-0.2, -0.15) is 0 Å². The van der Waals surface area contributed by atoms with Crippen molar-refractivity contribution in [2.24, 2.45) is 0 Å². The van der Waals surface area contributed by atoms with E-state index in [4.69, 9.17) is 27.6 Å². The van der Waals surface area contributed by atoms with Crippen LogP contribution in [0, 0.1) is 0 Å². The highest BCUT2D eigenvalue weighted by Gasteiger charge is 2.29. The van der Waals surface area contributed by atoms with Crippen molar-refractivity contribution in [3.05, 3.63) is 74.3 Å². The van der Waals surface area contributed by atoms with Crippen molar-refractivity contribution in [1.82, 2.24) is 0 Å². The number of halogens is 2. The van der Waals surface area contributed by atoms with Crippen LogP contribution in [0.15, 0.2) is 51.4 Å². The normalized spacial score (nSPS) is 16.1. The van der Waals surface area contributed by atoms with Gasteiger partial charge in [-0.05, 0) is 17.7 Å². The van der Waals surface area contributed by atoms with Gasteiger partial charge in [-0.1, -0.05) is 29.8 Å². The Morgan fingerprint density at radius 3 is 2.67 bits per heavy atom. The molecule has 1 aromatic rings. The number of fused-ring (bicyclic) bond motifs is 2. The highest BCUT2D eigenvalue weighted by atomic mass is 35.5. The Balaban J connectivity index is 2.17. The Kier molecular flexibility index (Phi) is 4.21. The van der Waals surface area contributed by atoms with Crippen LogP contribution in [0.25, 0.3) is 28.5 Å². The van der Waals surface area contributed by atoms with Crippen LogP contribution in [0.2, 0.25) is 5.02 Å². The zero-order chi connectivity index (χ0) is 19.3. The molecule has 0 spiro atoms. The van der Waals surface area contributed by atoms with Gasteiger partial charge in [0.25, 0.3) is 0 Å². The summed E-state index contributed by atoms with van der Waals surface area (Å²) in [5, 5.41) is 18.9. The molecule has 0 unspecified atom stereocenters. The summed E-state index contributed by atoms with van der Waals surface area (Å²) in [6.07, 6.45) is 1.63. The SMILES string of the molecule is O=C(O)c1ccccc1-c1c2cc(Cl)c(=O)cc-2oc2c1C[C@@H](Cl)C(O)=C2. The van der Waals surface area contributed by atoms with Crippen LogP contribution in [-0.4, -0.2) is 21.6 Å². The molecule has 2 aliphatic carbocycles. The van der Waals surface area contributed by atoms with E-state index < -0.39 is 16.8 Å². The number of aromatic carboxylic acids is 1. The molecule has 0 fully saturated rings. The Hall–Kier alpha value is -2.76. The molecule has 27 heavy (non-hydrogen) atoms. The summed E-state index contributed by atoms with van der Waals surface area (Å²) in [5.41, 5.74) is 1.86. The van der Waals surface area contributed by atoms with Crippen molar-refractivity contribution < 1.29 is 19.4 Å². The third-order valence-corrected chi connectivity index (χ3v) is 5.21. The Morgan fingerprint density at radius 1 is 1.19 bits per heavy atom. The number of benzene rings is 2. The van der Waals surface area contributed by atoms with Crippen LogP contribution in [0.5, 0.6) is 0 Å². The summed E-state index contributed by atoms with van der Waals surface area (Å²) < 4.78 is 5.80. The van der Waals surface area contributed by atoms with E-state index in [1.807, 2.05) is 0 Å². The van der Waals surface area contributed by atoms with Gasteiger partial charge in [-0.3, -0.25) is 4.79 Å². The largest absolute Gasteiger partial charge is 0.511 e. The zero-order valence-electron chi connectivity index (χ0n) is 13.7. The van der Waals surface area contributed by atoms with Gasteiger partial charge in [0.1, 0.15) is 17.3 Å². The van der Waals surface area contributed by atoms with Crippen molar-refractivity contribution in [3.8, 4) is 22.5 Å². The van der Waals surface area contributed by atoms with E-state index in [0.717, 1.165) is 0 Å². The summed E-state index contributed by atoms with van der Waals surface area (Å²) in [6, 6.07) is 9.26. The average molecular weight is 403 g/mol. The second kappa shape index (κ2) is 6.44. The van der Waals surface area contributed by atoms with Gasteiger partial charge in [0.05, 0.1) is 16.0 Å². The first-order chi connectivity index (χ1) is 12.9. The van der Waals surface area contributed by atoms with Crippen molar-refractivity contribution in [2.75, 3.05) is 0 Å². The molecule has 0 saturated carbocycles. The maximum atomic E-state index is 12.0. The summed E-state index contributed by atoms with van der Waals surface area (Å²) in [7, 11) is 0. The fourth-order valence-corrected chi connectivity index (χ4v) is 3.68. The number of hydrogen-bond donors (Lipinski definition) is 2. The summed E-state index contributed by atoms with van der Waals surface area (Å²) in [4.78, 5) is 23.7. The van der Waals surface area contributed by atoms with Crippen LogP contribution < -0.4 is 5.43 Å². The van der Waals surface area contributed by atoms with Crippen LogP contribution in [0.4, 0.5) is 0 Å². The van der Waals surface area contributed by atoms with Crippen LogP contribution in [0.3, 0.4) is 0 Å². The molecule has 0 saturated heterocycles. The first-order valence-electron chi connectivity index (χ1n) is 8.03. The van der Waals surface area contributed by atoms with E-state index in [2.05, 4.69) is 0 Å². The van der Waals surface area contributed by atoms with Gasteiger partial charge < -0.3 is 14.6 Å². The molecule has 4 rings (SSSR count). The monoisotopic (exact) mass is 402 g/mol. The fraction of sp³-hybridized carbons (Fsp3) is 0.100. The summed E-state index contributed by atoms with van der Waals surface area (Å²) in [5.74, 6) is -0.568. The van der Waals surface area contributed by atoms with Gasteiger partial charge in [0, 0.05) is 35.3 Å². The summed E-state index contributed by atoms with van der Waals surface area (Å²) in [6.45, 7) is 0.